The van der Waals surface area contributed by atoms with E-state index in [1.807, 2.05) is 0 Å². The smallest absolute Gasteiger partial charge is 0.306 e. The van der Waals surface area contributed by atoms with Crippen LogP contribution in [-0.4, -0.2) is 37.2 Å². The third-order valence-corrected chi connectivity index (χ3v) is 13.3. The van der Waals surface area contributed by atoms with Gasteiger partial charge in [0.15, 0.2) is 6.10 Å². The Morgan fingerprint density at radius 1 is 0.297 bits per heavy atom. The van der Waals surface area contributed by atoms with Crippen molar-refractivity contribution in [3.63, 3.8) is 0 Å². The zero-order valence-corrected chi connectivity index (χ0v) is 43.8. The third kappa shape index (κ3) is 51.4. The van der Waals surface area contributed by atoms with E-state index >= 15 is 0 Å². The zero-order valence-electron chi connectivity index (χ0n) is 43.8. The third-order valence-electron chi connectivity index (χ3n) is 13.3. The summed E-state index contributed by atoms with van der Waals surface area (Å²) in [6.45, 7) is 9.06. The lowest BCUT2D eigenvalue weighted by molar-refractivity contribution is -0.167. The molecule has 0 bridgehead atoms. The Bertz CT molecular complexity index is 964. The molecule has 0 aliphatic rings. The molecule has 0 aliphatic carbocycles. The lowest BCUT2D eigenvalue weighted by Gasteiger charge is -2.18. The molecule has 0 unspecified atom stereocenters. The van der Waals surface area contributed by atoms with Gasteiger partial charge in [-0.2, -0.15) is 0 Å². The second kappa shape index (κ2) is 52.4. The minimum atomic E-state index is -0.761. The number of rotatable bonds is 53. The van der Waals surface area contributed by atoms with Crippen molar-refractivity contribution in [1.82, 2.24) is 0 Å². The summed E-state index contributed by atoms with van der Waals surface area (Å²) in [5.41, 5.74) is 0. The Labute approximate surface area is 399 Å². The van der Waals surface area contributed by atoms with Crippen LogP contribution in [0.25, 0.3) is 0 Å². The van der Waals surface area contributed by atoms with Crippen LogP contribution in [0.3, 0.4) is 0 Å². The van der Waals surface area contributed by atoms with Crippen LogP contribution in [0.1, 0.15) is 329 Å². The predicted molar refractivity (Wildman–Crippen MR) is 275 cm³/mol. The molecule has 0 fully saturated rings. The molecule has 0 aromatic carbocycles. The summed E-state index contributed by atoms with van der Waals surface area (Å²) in [4.78, 5) is 38.1. The SMILES string of the molecule is CCCCCCCCCCCCCCCCCCCCC(=O)OC[C@@H](COC(=O)CCCCCCCCCCCC)OC(=O)CCCCCCCCCCCCCCCCCC(C)C. The zero-order chi connectivity index (χ0) is 46.7. The highest BCUT2D eigenvalue weighted by Gasteiger charge is 2.19. The van der Waals surface area contributed by atoms with Crippen LogP contribution >= 0.6 is 0 Å². The molecule has 0 heterocycles. The molecule has 0 N–H and O–H groups in total. The summed E-state index contributed by atoms with van der Waals surface area (Å²) in [5.74, 6) is 0.0104. The van der Waals surface area contributed by atoms with Gasteiger partial charge in [0.25, 0.3) is 0 Å². The molecule has 0 saturated heterocycles. The molecule has 0 radical (unpaired) electrons. The Hall–Kier alpha value is -1.59. The summed E-state index contributed by atoms with van der Waals surface area (Å²) >= 11 is 0. The number of carbonyl (C=O) groups is 3. The van der Waals surface area contributed by atoms with Gasteiger partial charge in [-0.25, -0.2) is 0 Å². The van der Waals surface area contributed by atoms with E-state index in [1.54, 1.807) is 0 Å². The standard InChI is InChI=1S/C58H112O6/c1-5-7-9-11-13-15-17-18-19-20-21-24-27-30-34-38-42-46-50-57(60)63-53-55(52-62-56(59)49-45-41-37-33-16-14-12-10-8-6-2)64-58(61)51-47-43-39-35-31-28-25-22-23-26-29-32-36-40-44-48-54(3)4/h54-55H,5-53H2,1-4H3/t55-/m1/s1. The lowest BCUT2D eigenvalue weighted by Crippen LogP contribution is -2.30. The van der Waals surface area contributed by atoms with Crippen molar-refractivity contribution >= 4 is 17.9 Å². The summed E-state index contributed by atoms with van der Waals surface area (Å²) in [6, 6.07) is 0. The molecule has 64 heavy (non-hydrogen) atoms. The van der Waals surface area contributed by atoms with Crippen molar-refractivity contribution in [3.05, 3.63) is 0 Å². The van der Waals surface area contributed by atoms with Crippen LogP contribution in [0.15, 0.2) is 0 Å². The van der Waals surface area contributed by atoms with Crippen LogP contribution in [0.4, 0.5) is 0 Å². The summed E-state index contributed by atoms with van der Waals surface area (Å²) in [7, 11) is 0. The first-order valence-electron chi connectivity index (χ1n) is 28.9. The maximum Gasteiger partial charge on any atom is 0.306 e. The number of hydrogen-bond acceptors (Lipinski definition) is 6. The summed E-state index contributed by atoms with van der Waals surface area (Å²) in [6.07, 6.45) is 56.7. The number of unbranched alkanes of at least 4 members (excludes halogenated alkanes) is 40. The second-order valence-electron chi connectivity index (χ2n) is 20.4. The molecule has 1 atom stereocenters. The quantitative estimate of drug-likeness (QED) is 0.0344. The summed E-state index contributed by atoms with van der Waals surface area (Å²) < 4.78 is 16.9. The maximum absolute atomic E-state index is 12.8. The Balaban J connectivity index is 4.23. The predicted octanol–water partition coefficient (Wildman–Crippen LogP) is 19.0. The second-order valence-corrected chi connectivity index (χ2v) is 20.4. The monoisotopic (exact) mass is 905 g/mol. The molecule has 0 saturated carbocycles. The molecular formula is C58H112O6. The van der Waals surface area contributed by atoms with Crippen LogP contribution in [0.2, 0.25) is 0 Å². The van der Waals surface area contributed by atoms with Crippen molar-refractivity contribution in [2.45, 2.75) is 336 Å². The van der Waals surface area contributed by atoms with Gasteiger partial charge < -0.3 is 14.2 Å². The van der Waals surface area contributed by atoms with Crippen molar-refractivity contribution in [1.29, 1.82) is 0 Å². The highest BCUT2D eigenvalue weighted by Crippen LogP contribution is 2.18. The first-order chi connectivity index (χ1) is 31.4. The van der Waals surface area contributed by atoms with E-state index < -0.39 is 6.10 Å². The first-order valence-corrected chi connectivity index (χ1v) is 28.9. The maximum atomic E-state index is 12.8. The van der Waals surface area contributed by atoms with E-state index in [-0.39, 0.29) is 31.1 Å². The van der Waals surface area contributed by atoms with E-state index in [0.717, 1.165) is 63.7 Å². The van der Waals surface area contributed by atoms with Crippen molar-refractivity contribution in [2.24, 2.45) is 5.92 Å². The van der Waals surface area contributed by atoms with Crippen LogP contribution < -0.4 is 0 Å². The molecule has 380 valence electrons. The average Bonchev–Trinajstić information content (AvgIpc) is 3.28. The number of hydrogen-bond donors (Lipinski definition) is 0. The molecule has 0 rings (SSSR count). The normalized spacial score (nSPS) is 12.0. The van der Waals surface area contributed by atoms with Crippen LogP contribution in [-0.2, 0) is 28.6 Å². The molecular weight excluding hydrogens is 793 g/mol. The minimum absolute atomic E-state index is 0.0619. The van der Waals surface area contributed by atoms with E-state index in [9.17, 15) is 14.4 Å². The molecule has 6 nitrogen and oxygen atoms in total. The Morgan fingerprint density at radius 3 is 0.766 bits per heavy atom. The van der Waals surface area contributed by atoms with Gasteiger partial charge in [0, 0.05) is 19.3 Å². The van der Waals surface area contributed by atoms with Gasteiger partial charge in [0.05, 0.1) is 0 Å². The fourth-order valence-corrected chi connectivity index (χ4v) is 8.92. The largest absolute Gasteiger partial charge is 0.462 e. The molecule has 0 spiro atoms. The average molecular weight is 906 g/mol. The van der Waals surface area contributed by atoms with Gasteiger partial charge in [-0.15, -0.1) is 0 Å². The molecule has 0 aromatic heterocycles. The first kappa shape index (κ1) is 62.4. The van der Waals surface area contributed by atoms with Crippen molar-refractivity contribution < 1.29 is 28.6 Å². The van der Waals surface area contributed by atoms with E-state index in [1.165, 1.54) is 225 Å². The van der Waals surface area contributed by atoms with Gasteiger partial charge in [-0.1, -0.05) is 291 Å². The number of ether oxygens (including phenoxy) is 3. The van der Waals surface area contributed by atoms with Crippen molar-refractivity contribution in [3.8, 4) is 0 Å². The van der Waals surface area contributed by atoms with Gasteiger partial charge >= 0.3 is 17.9 Å². The molecule has 0 aromatic rings. The lowest BCUT2D eigenvalue weighted by atomic mass is 10.0. The fourth-order valence-electron chi connectivity index (χ4n) is 8.92. The highest BCUT2D eigenvalue weighted by molar-refractivity contribution is 5.71. The molecule has 0 amide bonds. The summed E-state index contributed by atoms with van der Waals surface area (Å²) in [5, 5.41) is 0. The van der Waals surface area contributed by atoms with E-state index in [2.05, 4.69) is 27.7 Å². The molecule has 0 aliphatic heterocycles. The van der Waals surface area contributed by atoms with Crippen molar-refractivity contribution in [2.75, 3.05) is 13.2 Å². The number of esters is 3. The van der Waals surface area contributed by atoms with Gasteiger partial charge in [-0.05, 0) is 25.2 Å². The van der Waals surface area contributed by atoms with Gasteiger partial charge in [0.1, 0.15) is 13.2 Å². The Kier molecular flexibility index (Phi) is 51.1. The van der Waals surface area contributed by atoms with Gasteiger partial charge in [0.2, 0.25) is 0 Å². The molecule has 6 heteroatoms. The minimum Gasteiger partial charge on any atom is -0.462 e. The number of carbonyl (C=O) groups excluding carboxylic acids is 3. The van der Waals surface area contributed by atoms with E-state index in [0.29, 0.717) is 19.3 Å². The fraction of sp³-hybridized carbons (Fsp3) is 0.948. The topological polar surface area (TPSA) is 78.9 Å². The highest BCUT2D eigenvalue weighted by atomic mass is 16.6. The van der Waals surface area contributed by atoms with E-state index in [4.69, 9.17) is 14.2 Å². The Morgan fingerprint density at radius 2 is 0.516 bits per heavy atom. The van der Waals surface area contributed by atoms with Crippen LogP contribution in [0.5, 0.6) is 0 Å². The van der Waals surface area contributed by atoms with Crippen LogP contribution in [0, 0.1) is 5.92 Å². The van der Waals surface area contributed by atoms with Gasteiger partial charge in [-0.3, -0.25) is 14.4 Å².